The first-order chi connectivity index (χ1) is 11.8. The number of rotatable bonds is 4. The van der Waals surface area contributed by atoms with Gasteiger partial charge in [0.1, 0.15) is 11.3 Å². The monoisotopic (exact) mass is 355 g/mol. The van der Waals surface area contributed by atoms with Crippen LogP contribution in [-0.2, 0) is 18.3 Å². The smallest absolute Gasteiger partial charge is 0.386 e. The fourth-order valence-corrected chi connectivity index (χ4v) is 3.20. The van der Waals surface area contributed by atoms with Crippen LogP contribution in [0.3, 0.4) is 0 Å². The molecular weight excluding hydrogens is 335 g/mol. The number of benzene rings is 1. The molecule has 1 atom stereocenters. The summed E-state index contributed by atoms with van der Waals surface area (Å²) < 4.78 is 39.7. The molecule has 0 radical (unpaired) electrons. The molecule has 1 aromatic heterocycles. The van der Waals surface area contributed by atoms with Crippen LogP contribution < -0.4 is 0 Å². The lowest BCUT2D eigenvalue weighted by Crippen LogP contribution is -2.28. The summed E-state index contributed by atoms with van der Waals surface area (Å²) in [5.74, 6) is 0. The van der Waals surface area contributed by atoms with Crippen LogP contribution in [0.15, 0.2) is 30.5 Å². The molecule has 0 spiro atoms. The van der Waals surface area contributed by atoms with E-state index in [1.54, 1.807) is 6.20 Å². The average Bonchev–Trinajstić information content (AvgIpc) is 3.04. The van der Waals surface area contributed by atoms with Crippen LogP contribution in [0.1, 0.15) is 55.0 Å². The number of nitrogens with zero attached hydrogens (tertiary/aromatic N) is 3. The topological polar surface area (TPSA) is 71.2 Å². The average molecular weight is 355 g/mol. The van der Waals surface area contributed by atoms with Crippen LogP contribution in [-0.4, -0.2) is 25.2 Å². The number of hydrogen-bond acceptors (Lipinski definition) is 4. The van der Waals surface area contributed by atoms with Crippen LogP contribution in [0, 0.1) is 0 Å². The molecule has 0 saturated heterocycles. The number of hydrogen-bond donors (Lipinski definition) is 2. The van der Waals surface area contributed by atoms with Gasteiger partial charge in [-0.1, -0.05) is 36.6 Å². The van der Waals surface area contributed by atoms with Crippen molar-refractivity contribution in [3.63, 3.8) is 0 Å². The zero-order valence-corrected chi connectivity index (χ0v) is 13.6. The molecular formula is C17H20F3N3O2. The number of aromatic nitrogens is 3. The van der Waals surface area contributed by atoms with E-state index in [4.69, 9.17) is 0 Å². The van der Waals surface area contributed by atoms with E-state index >= 15 is 0 Å². The van der Waals surface area contributed by atoms with E-state index in [-0.39, 0.29) is 12.1 Å². The third-order valence-corrected chi connectivity index (χ3v) is 4.65. The summed E-state index contributed by atoms with van der Waals surface area (Å²) in [5.41, 5.74) is -1.20. The Bertz CT molecular complexity index is 724. The van der Waals surface area contributed by atoms with Gasteiger partial charge < -0.3 is 10.2 Å². The molecule has 136 valence electrons. The summed E-state index contributed by atoms with van der Waals surface area (Å²) in [6.45, 7) is -0.0373. The van der Waals surface area contributed by atoms with Gasteiger partial charge in [0.2, 0.25) is 0 Å². The Hall–Kier alpha value is -1.93. The first kappa shape index (κ1) is 17.9. The van der Waals surface area contributed by atoms with E-state index in [0.29, 0.717) is 18.5 Å². The van der Waals surface area contributed by atoms with Gasteiger partial charge >= 0.3 is 6.18 Å². The molecule has 8 heteroatoms. The molecule has 1 aliphatic rings. The Kier molecular flexibility index (Phi) is 4.83. The Morgan fingerprint density at radius 2 is 1.92 bits per heavy atom. The molecule has 2 N–H and O–H groups in total. The normalized spacial score (nSPS) is 18.9. The SMILES string of the molecule is OC(Cn1cc(C2(O)CCCCC2)nn1)c1cccc(C(F)(F)F)c1. The van der Waals surface area contributed by atoms with Crippen LogP contribution in [0.2, 0.25) is 0 Å². The van der Waals surface area contributed by atoms with Crippen molar-refractivity contribution in [2.24, 2.45) is 0 Å². The maximum Gasteiger partial charge on any atom is 0.416 e. The quantitative estimate of drug-likeness (QED) is 0.884. The molecule has 0 bridgehead atoms. The van der Waals surface area contributed by atoms with Gasteiger partial charge in [0.25, 0.3) is 0 Å². The highest BCUT2D eigenvalue weighted by Gasteiger charge is 2.34. The fraction of sp³-hybridized carbons (Fsp3) is 0.529. The second-order valence-corrected chi connectivity index (χ2v) is 6.56. The van der Waals surface area contributed by atoms with E-state index in [2.05, 4.69) is 10.3 Å². The molecule has 0 aliphatic heterocycles. The third-order valence-electron chi connectivity index (χ3n) is 4.65. The molecule has 1 aliphatic carbocycles. The highest BCUT2D eigenvalue weighted by molar-refractivity contribution is 5.27. The van der Waals surface area contributed by atoms with Crippen molar-refractivity contribution < 1.29 is 23.4 Å². The van der Waals surface area contributed by atoms with Crippen molar-refractivity contribution in [3.8, 4) is 0 Å². The second kappa shape index (κ2) is 6.76. The first-order valence-electron chi connectivity index (χ1n) is 8.26. The lowest BCUT2D eigenvalue weighted by Gasteiger charge is -2.29. The van der Waals surface area contributed by atoms with E-state index in [1.165, 1.54) is 16.8 Å². The van der Waals surface area contributed by atoms with Crippen molar-refractivity contribution >= 4 is 0 Å². The molecule has 1 saturated carbocycles. The van der Waals surface area contributed by atoms with Gasteiger partial charge in [-0.25, -0.2) is 4.68 Å². The number of alkyl halides is 3. The molecule has 0 amide bonds. The van der Waals surface area contributed by atoms with Gasteiger partial charge in [-0.3, -0.25) is 0 Å². The molecule has 25 heavy (non-hydrogen) atoms. The summed E-state index contributed by atoms with van der Waals surface area (Å²) in [4.78, 5) is 0. The lowest BCUT2D eigenvalue weighted by atomic mass is 9.83. The standard InChI is InChI=1S/C17H20F3N3O2/c18-17(19,20)13-6-4-5-12(9-13)14(24)10-23-11-15(21-22-23)16(25)7-2-1-3-8-16/h4-6,9,11,14,24-25H,1-3,7-8,10H2. The molecule has 1 aromatic carbocycles. The van der Waals surface area contributed by atoms with E-state index in [1.807, 2.05) is 0 Å². The van der Waals surface area contributed by atoms with Crippen LogP contribution >= 0.6 is 0 Å². The Morgan fingerprint density at radius 3 is 2.60 bits per heavy atom. The van der Waals surface area contributed by atoms with Crippen molar-refractivity contribution in [2.75, 3.05) is 0 Å². The summed E-state index contributed by atoms with van der Waals surface area (Å²) >= 11 is 0. The van der Waals surface area contributed by atoms with Crippen molar-refractivity contribution in [3.05, 3.63) is 47.3 Å². The number of aliphatic hydroxyl groups excluding tert-OH is 1. The van der Waals surface area contributed by atoms with Gasteiger partial charge in [-0.05, 0) is 30.5 Å². The zero-order valence-electron chi connectivity index (χ0n) is 13.6. The highest BCUT2D eigenvalue weighted by Crippen LogP contribution is 2.36. The summed E-state index contributed by atoms with van der Waals surface area (Å²) in [7, 11) is 0. The van der Waals surface area contributed by atoms with Crippen LogP contribution in [0.25, 0.3) is 0 Å². The third kappa shape index (κ3) is 4.01. The first-order valence-corrected chi connectivity index (χ1v) is 8.26. The Morgan fingerprint density at radius 1 is 1.20 bits per heavy atom. The van der Waals surface area contributed by atoms with Gasteiger partial charge in [0.05, 0.1) is 24.4 Å². The zero-order chi connectivity index (χ0) is 18.1. The number of halogens is 3. The van der Waals surface area contributed by atoms with Gasteiger partial charge in [-0.15, -0.1) is 5.10 Å². The van der Waals surface area contributed by atoms with Crippen molar-refractivity contribution in [1.82, 2.24) is 15.0 Å². The van der Waals surface area contributed by atoms with Crippen LogP contribution in [0.4, 0.5) is 13.2 Å². The van der Waals surface area contributed by atoms with E-state index in [0.717, 1.165) is 31.4 Å². The largest absolute Gasteiger partial charge is 0.416 e. The predicted octanol–water partition coefficient (Wildman–Crippen LogP) is 3.18. The number of aliphatic hydroxyl groups is 2. The van der Waals surface area contributed by atoms with E-state index < -0.39 is 23.4 Å². The Balaban J connectivity index is 1.73. The van der Waals surface area contributed by atoms with Crippen molar-refractivity contribution in [2.45, 2.75) is 56.5 Å². The molecule has 1 heterocycles. The minimum absolute atomic E-state index is 0.0373. The second-order valence-electron chi connectivity index (χ2n) is 6.56. The molecule has 5 nitrogen and oxygen atoms in total. The maximum absolute atomic E-state index is 12.8. The maximum atomic E-state index is 12.8. The molecule has 1 unspecified atom stereocenters. The highest BCUT2D eigenvalue weighted by atomic mass is 19.4. The minimum Gasteiger partial charge on any atom is -0.386 e. The minimum atomic E-state index is -4.46. The van der Waals surface area contributed by atoms with Gasteiger partial charge in [0.15, 0.2) is 0 Å². The Labute approximate surface area is 143 Å². The summed E-state index contributed by atoms with van der Waals surface area (Å²) in [5, 5.41) is 28.7. The predicted molar refractivity (Wildman–Crippen MR) is 83.4 cm³/mol. The fourth-order valence-electron chi connectivity index (χ4n) is 3.20. The van der Waals surface area contributed by atoms with Gasteiger partial charge in [-0.2, -0.15) is 13.2 Å². The van der Waals surface area contributed by atoms with Crippen LogP contribution in [0.5, 0.6) is 0 Å². The van der Waals surface area contributed by atoms with Crippen molar-refractivity contribution in [1.29, 1.82) is 0 Å². The molecule has 1 fully saturated rings. The molecule has 3 rings (SSSR count). The summed E-state index contributed by atoms with van der Waals surface area (Å²) in [6.07, 6.45) is 0.0709. The molecule has 2 aromatic rings. The van der Waals surface area contributed by atoms with E-state index in [9.17, 15) is 23.4 Å². The summed E-state index contributed by atoms with van der Waals surface area (Å²) in [6, 6.07) is 4.59. The van der Waals surface area contributed by atoms with Gasteiger partial charge in [0, 0.05) is 0 Å². The lowest BCUT2D eigenvalue weighted by molar-refractivity contribution is -0.137.